The fourth-order valence-corrected chi connectivity index (χ4v) is 5.25. The van der Waals surface area contributed by atoms with Gasteiger partial charge in [0.2, 0.25) is 0 Å². The lowest BCUT2D eigenvalue weighted by Gasteiger charge is -2.31. The van der Waals surface area contributed by atoms with Crippen LogP contribution in [-0.4, -0.2) is 80.6 Å². The van der Waals surface area contributed by atoms with Gasteiger partial charge in [0.1, 0.15) is 6.61 Å². The Morgan fingerprint density at radius 3 is 1.43 bits per heavy atom. The molecule has 0 amide bonds. The number of ether oxygens (including phenoxy) is 3. The fourth-order valence-electron chi connectivity index (χ4n) is 5.25. The predicted octanol–water partition coefficient (Wildman–Crippen LogP) is 11.3. The van der Waals surface area contributed by atoms with E-state index < -0.39 is 24.1 Å². The van der Waals surface area contributed by atoms with E-state index in [2.05, 4.69) is 111 Å². The van der Waals surface area contributed by atoms with Crippen molar-refractivity contribution in [3.8, 4) is 0 Å². The van der Waals surface area contributed by atoms with Gasteiger partial charge in [-0.15, -0.1) is 0 Å². The second-order valence-corrected chi connectivity index (χ2v) is 14.5. The summed E-state index contributed by atoms with van der Waals surface area (Å²) in [6.45, 7) is 4.36. The molecule has 8 heteroatoms. The third-order valence-electron chi connectivity index (χ3n) is 8.43. The molecule has 0 bridgehead atoms. The Labute approximate surface area is 340 Å². The van der Waals surface area contributed by atoms with Gasteiger partial charge in [0.05, 0.1) is 34.4 Å². The highest BCUT2D eigenvalue weighted by Crippen LogP contribution is 2.11. The van der Waals surface area contributed by atoms with Gasteiger partial charge in [-0.3, -0.25) is 9.59 Å². The van der Waals surface area contributed by atoms with Gasteiger partial charge in [0.15, 0.2) is 12.1 Å². The third-order valence-corrected chi connectivity index (χ3v) is 8.43. The number of quaternary nitrogens is 1. The zero-order valence-electron chi connectivity index (χ0n) is 35.5. The molecule has 0 fully saturated rings. The van der Waals surface area contributed by atoms with E-state index >= 15 is 0 Å². The molecule has 0 aliphatic rings. The molecule has 0 aromatic rings. The van der Waals surface area contributed by atoms with Crippen LogP contribution in [0, 0.1) is 0 Å². The van der Waals surface area contributed by atoms with Crippen LogP contribution in [-0.2, 0) is 28.6 Å². The molecule has 0 aromatic carbocycles. The van der Waals surface area contributed by atoms with E-state index in [1.165, 1.54) is 0 Å². The van der Waals surface area contributed by atoms with Crippen molar-refractivity contribution in [2.75, 3.05) is 41.0 Å². The van der Waals surface area contributed by atoms with Crippen LogP contribution in [0.3, 0.4) is 0 Å². The molecule has 56 heavy (non-hydrogen) atoms. The summed E-state index contributed by atoms with van der Waals surface area (Å²) in [6.07, 6.45) is 51.5. The average Bonchev–Trinajstić information content (AvgIpc) is 3.15. The van der Waals surface area contributed by atoms with E-state index in [0.717, 1.165) is 83.5 Å². The minimum Gasteiger partial charge on any atom is -0.477 e. The number of aliphatic carboxylic acids is 1. The van der Waals surface area contributed by atoms with E-state index in [4.69, 9.17) is 14.2 Å². The first-order valence-electron chi connectivity index (χ1n) is 20.9. The standard InChI is InChI=1S/C48H75NO7/c1-6-8-10-12-14-16-18-20-22-24-26-28-30-32-34-36-38-46(50)55-43-44(42-54-41-40-45(48(52)53)49(3,4)5)56-47(51)39-37-35-33-31-29-27-25-23-21-19-17-15-13-11-9-7-2/h8-11,14-17,20-23,26-29,33,35,44-45H,6-7,12-13,18-19,24-25,30-32,34,36-43H2,1-5H3/p+1/b10-8+,11-9+,16-14+,17-15+,22-20+,23-21+,28-26+,29-27+,35-33+. The number of hydrogen-bond donors (Lipinski definition) is 1. The van der Waals surface area contributed by atoms with E-state index in [-0.39, 0.29) is 36.7 Å². The smallest absolute Gasteiger partial charge is 0.362 e. The van der Waals surface area contributed by atoms with Gasteiger partial charge in [-0.2, -0.15) is 0 Å². The van der Waals surface area contributed by atoms with Crippen LogP contribution in [0.2, 0.25) is 0 Å². The van der Waals surface area contributed by atoms with Crippen LogP contribution in [0.15, 0.2) is 109 Å². The van der Waals surface area contributed by atoms with Gasteiger partial charge in [-0.05, 0) is 83.5 Å². The number of carboxylic acid groups (broad SMARTS) is 1. The lowest BCUT2D eigenvalue weighted by Crippen LogP contribution is -2.50. The molecule has 0 rings (SSSR count). The summed E-state index contributed by atoms with van der Waals surface area (Å²) in [5.41, 5.74) is 0. The summed E-state index contributed by atoms with van der Waals surface area (Å²) < 4.78 is 17.1. The second kappa shape index (κ2) is 37.9. The molecule has 0 spiro atoms. The van der Waals surface area contributed by atoms with Crippen molar-refractivity contribution < 1.29 is 38.2 Å². The van der Waals surface area contributed by atoms with Crippen molar-refractivity contribution in [2.45, 2.75) is 135 Å². The number of unbranched alkanes of at least 4 members (excludes halogenated alkanes) is 3. The number of carbonyl (C=O) groups is 3. The molecule has 0 saturated heterocycles. The number of carbonyl (C=O) groups excluding carboxylic acids is 2. The van der Waals surface area contributed by atoms with Crippen molar-refractivity contribution in [1.82, 2.24) is 0 Å². The summed E-state index contributed by atoms with van der Waals surface area (Å²) in [7, 11) is 5.47. The molecule has 2 unspecified atom stereocenters. The lowest BCUT2D eigenvalue weighted by molar-refractivity contribution is -0.887. The maximum atomic E-state index is 12.7. The lowest BCUT2D eigenvalue weighted by atomic mass is 10.1. The summed E-state index contributed by atoms with van der Waals surface area (Å²) >= 11 is 0. The van der Waals surface area contributed by atoms with Crippen molar-refractivity contribution in [2.24, 2.45) is 0 Å². The molecule has 0 heterocycles. The fraction of sp³-hybridized carbons (Fsp3) is 0.562. The first-order valence-corrected chi connectivity index (χ1v) is 20.9. The van der Waals surface area contributed by atoms with Crippen molar-refractivity contribution >= 4 is 17.9 Å². The summed E-state index contributed by atoms with van der Waals surface area (Å²) in [5.74, 6) is -1.63. The molecular weight excluding hydrogens is 703 g/mol. The van der Waals surface area contributed by atoms with Gasteiger partial charge < -0.3 is 23.8 Å². The molecule has 2 atom stereocenters. The zero-order chi connectivity index (χ0) is 41.4. The van der Waals surface area contributed by atoms with E-state index in [1.54, 1.807) is 0 Å². The quantitative estimate of drug-likeness (QED) is 0.0296. The van der Waals surface area contributed by atoms with Crippen LogP contribution < -0.4 is 0 Å². The van der Waals surface area contributed by atoms with E-state index in [1.807, 2.05) is 33.3 Å². The Kier molecular flexibility index (Phi) is 35.2. The molecule has 0 aliphatic heterocycles. The molecule has 0 aliphatic carbocycles. The summed E-state index contributed by atoms with van der Waals surface area (Å²) in [4.78, 5) is 36.9. The van der Waals surface area contributed by atoms with Crippen LogP contribution in [0.5, 0.6) is 0 Å². The maximum Gasteiger partial charge on any atom is 0.362 e. The van der Waals surface area contributed by atoms with Crippen molar-refractivity contribution in [3.05, 3.63) is 109 Å². The second-order valence-electron chi connectivity index (χ2n) is 14.5. The largest absolute Gasteiger partial charge is 0.477 e. The van der Waals surface area contributed by atoms with Gasteiger partial charge in [-0.1, -0.05) is 130 Å². The summed E-state index contributed by atoms with van der Waals surface area (Å²) in [5, 5.41) is 9.61. The van der Waals surface area contributed by atoms with Crippen LogP contribution in [0.25, 0.3) is 0 Å². The molecule has 1 N–H and O–H groups in total. The van der Waals surface area contributed by atoms with E-state index in [0.29, 0.717) is 19.3 Å². The molecule has 314 valence electrons. The number of likely N-dealkylation sites (N-methyl/N-ethyl adjacent to an activating group) is 1. The monoisotopic (exact) mass is 779 g/mol. The van der Waals surface area contributed by atoms with Crippen LogP contribution in [0.4, 0.5) is 0 Å². The zero-order valence-corrected chi connectivity index (χ0v) is 35.5. The predicted molar refractivity (Wildman–Crippen MR) is 233 cm³/mol. The number of carboxylic acids is 1. The van der Waals surface area contributed by atoms with Gasteiger partial charge in [-0.25, -0.2) is 4.79 Å². The molecule has 0 radical (unpaired) electrons. The first-order chi connectivity index (χ1) is 27.1. The van der Waals surface area contributed by atoms with Gasteiger partial charge in [0, 0.05) is 19.3 Å². The summed E-state index contributed by atoms with van der Waals surface area (Å²) in [6, 6.07) is -0.639. The number of hydrogen-bond acceptors (Lipinski definition) is 6. The minimum atomic E-state index is -0.897. The SMILES string of the molecule is CC/C=C/C/C=C/C/C=C/C/C=C/C/C=C/CCC(=O)OC(COCCC(C(=O)O)[N+](C)(C)C)COC(=O)CCCCC/C=C/C/C=C/C/C=C/C/C=C/CC. The molecule has 8 nitrogen and oxygen atoms in total. The highest BCUT2D eigenvalue weighted by atomic mass is 16.6. The number of allylic oxidation sites excluding steroid dienone is 18. The normalized spacial score (nSPS) is 14.1. The molecular formula is C48H76NO7+. The topological polar surface area (TPSA) is 99.1 Å². The van der Waals surface area contributed by atoms with Crippen molar-refractivity contribution in [1.29, 1.82) is 0 Å². The van der Waals surface area contributed by atoms with Crippen molar-refractivity contribution in [3.63, 3.8) is 0 Å². The van der Waals surface area contributed by atoms with Gasteiger partial charge in [0.25, 0.3) is 0 Å². The average molecular weight is 779 g/mol. The van der Waals surface area contributed by atoms with Gasteiger partial charge >= 0.3 is 17.9 Å². The molecule has 0 saturated carbocycles. The molecule has 0 aromatic heterocycles. The Balaban J connectivity index is 4.58. The van der Waals surface area contributed by atoms with Crippen LogP contribution >= 0.6 is 0 Å². The highest BCUT2D eigenvalue weighted by Gasteiger charge is 2.31. The Hall–Kier alpha value is -4.01. The first kappa shape index (κ1) is 52.0. The highest BCUT2D eigenvalue weighted by molar-refractivity contribution is 5.72. The number of esters is 2. The Morgan fingerprint density at radius 2 is 0.982 bits per heavy atom. The van der Waals surface area contributed by atoms with Crippen LogP contribution in [0.1, 0.15) is 123 Å². The minimum absolute atomic E-state index is 0.0129. The number of rotatable bonds is 35. The Bertz CT molecular complexity index is 1280. The van der Waals surface area contributed by atoms with E-state index in [9.17, 15) is 19.5 Å². The third kappa shape index (κ3) is 35.7. The maximum absolute atomic E-state index is 12.7. The number of nitrogens with zero attached hydrogens (tertiary/aromatic N) is 1. The Morgan fingerprint density at radius 1 is 0.536 bits per heavy atom.